The van der Waals surface area contributed by atoms with Gasteiger partial charge < -0.3 is 5.32 Å². The van der Waals surface area contributed by atoms with Crippen LogP contribution in [-0.2, 0) is 0 Å². The Balaban J connectivity index is 2.41. The predicted molar refractivity (Wildman–Crippen MR) is 56.8 cm³/mol. The maximum absolute atomic E-state index is 12.5. The lowest BCUT2D eigenvalue weighted by molar-refractivity contribution is 0.519. The Morgan fingerprint density at radius 3 is 2.57 bits per heavy atom. The summed E-state index contributed by atoms with van der Waals surface area (Å²) in [6.07, 6.45) is 3.86. The number of rotatable bonds is 5. The van der Waals surface area contributed by atoms with E-state index in [4.69, 9.17) is 0 Å². The van der Waals surface area contributed by atoms with Crippen molar-refractivity contribution in [1.29, 1.82) is 0 Å². The van der Waals surface area contributed by atoms with Crippen molar-refractivity contribution in [2.24, 2.45) is 5.92 Å². The van der Waals surface area contributed by atoms with Crippen LogP contribution in [-0.4, -0.2) is 11.5 Å². The summed E-state index contributed by atoms with van der Waals surface area (Å²) >= 11 is 0. The summed E-state index contributed by atoms with van der Waals surface area (Å²) in [6.45, 7) is 5.29. The predicted octanol–water partition coefficient (Wildman–Crippen LogP) is 3.07. The summed E-state index contributed by atoms with van der Waals surface area (Å²) in [5.74, 6) is 0.248. The highest BCUT2D eigenvalue weighted by molar-refractivity contribution is 5.39. The Bertz CT molecular complexity index is 254. The average Bonchev–Trinajstić information content (AvgIpc) is 2.22. The van der Waals surface area contributed by atoms with Gasteiger partial charge in [-0.05, 0) is 18.1 Å². The van der Waals surface area contributed by atoms with Crippen molar-refractivity contribution in [2.75, 3.05) is 11.9 Å². The lowest BCUT2D eigenvalue weighted by Crippen LogP contribution is -2.12. The van der Waals surface area contributed by atoms with Crippen LogP contribution >= 0.6 is 0 Å². The van der Waals surface area contributed by atoms with Gasteiger partial charge in [0.25, 0.3) is 0 Å². The molecule has 0 saturated heterocycles. The fourth-order valence-corrected chi connectivity index (χ4v) is 1.32. The second kappa shape index (κ2) is 5.58. The summed E-state index contributed by atoms with van der Waals surface area (Å²) in [5, 5.41) is 3.24. The number of pyridine rings is 1. The van der Waals surface area contributed by atoms with Crippen molar-refractivity contribution < 1.29 is 4.39 Å². The molecule has 0 fully saturated rings. The van der Waals surface area contributed by atoms with Gasteiger partial charge in [0, 0.05) is 6.54 Å². The minimum atomic E-state index is -0.432. The van der Waals surface area contributed by atoms with Crippen molar-refractivity contribution in [3.63, 3.8) is 0 Å². The fraction of sp³-hybridized carbons (Fsp3) is 0.545. The number of nitrogens with one attached hydrogen (secondary N) is 1. The molecular formula is C11H17FN2. The van der Waals surface area contributed by atoms with Gasteiger partial charge in [-0.25, -0.2) is 4.98 Å². The number of hydrogen-bond acceptors (Lipinski definition) is 2. The van der Waals surface area contributed by atoms with Gasteiger partial charge in [0.05, 0.1) is 11.9 Å². The number of anilines is 1. The molecular weight excluding hydrogens is 179 g/mol. The third kappa shape index (κ3) is 3.32. The van der Waals surface area contributed by atoms with Gasteiger partial charge in [0.1, 0.15) is 0 Å². The van der Waals surface area contributed by atoms with Crippen LogP contribution in [0.5, 0.6) is 0 Å². The van der Waals surface area contributed by atoms with Crippen molar-refractivity contribution in [1.82, 2.24) is 4.98 Å². The second-order valence-corrected chi connectivity index (χ2v) is 3.43. The van der Waals surface area contributed by atoms with Gasteiger partial charge in [-0.2, -0.15) is 4.39 Å². The molecule has 0 atom stereocenters. The van der Waals surface area contributed by atoms with Crippen LogP contribution in [0.2, 0.25) is 0 Å². The normalized spacial score (nSPS) is 10.6. The summed E-state index contributed by atoms with van der Waals surface area (Å²) in [6, 6.07) is 3.08. The van der Waals surface area contributed by atoms with Gasteiger partial charge in [-0.15, -0.1) is 0 Å². The molecule has 0 bridgehead atoms. The molecule has 1 rings (SSSR count). The summed E-state index contributed by atoms with van der Waals surface area (Å²) < 4.78 is 12.5. The van der Waals surface area contributed by atoms with E-state index in [1.165, 1.54) is 12.3 Å². The number of hydrogen-bond donors (Lipinski definition) is 1. The Kier molecular flexibility index (Phi) is 4.36. The second-order valence-electron chi connectivity index (χ2n) is 3.43. The van der Waals surface area contributed by atoms with Crippen LogP contribution in [0.4, 0.5) is 10.1 Å². The Labute approximate surface area is 84.6 Å². The van der Waals surface area contributed by atoms with E-state index in [1.54, 1.807) is 6.07 Å². The third-order valence-electron chi connectivity index (χ3n) is 2.48. The standard InChI is InChI=1S/C11H17FN2/c1-3-9(4-2)7-13-10-5-6-11(12)14-8-10/h5-6,8-9,13H,3-4,7H2,1-2H3. The zero-order valence-corrected chi connectivity index (χ0v) is 8.76. The molecule has 0 aliphatic rings. The highest BCUT2D eigenvalue weighted by atomic mass is 19.1. The zero-order chi connectivity index (χ0) is 10.4. The first-order chi connectivity index (χ1) is 6.76. The van der Waals surface area contributed by atoms with Gasteiger partial charge in [0.15, 0.2) is 0 Å². The molecule has 0 saturated carbocycles. The molecule has 0 aliphatic heterocycles. The van der Waals surface area contributed by atoms with Crippen LogP contribution in [0.1, 0.15) is 26.7 Å². The molecule has 0 spiro atoms. The van der Waals surface area contributed by atoms with E-state index in [1.807, 2.05) is 0 Å². The summed E-state index contributed by atoms with van der Waals surface area (Å²) in [4.78, 5) is 3.58. The van der Waals surface area contributed by atoms with Crippen LogP contribution in [0.15, 0.2) is 18.3 Å². The van der Waals surface area contributed by atoms with E-state index in [0.717, 1.165) is 25.1 Å². The quantitative estimate of drug-likeness (QED) is 0.732. The molecule has 2 nitrogen and oxygen atoms in total. The zero-order valence-electron chi connectivity index (χ0n) is 8.76. The molecule has 3 heteroatoms. The van der Waals surface area contributed by atoms with E-state index >= 15 is 0 Å². The highest BCUT2D eigenvalue weighted by Gasteiger charge is 2.02. The van der Waals surface area contributed by atoms with Crippen LogP contribution < -0.4 is 5.32 Å². The first-order valence-corrected chi connectivity index (χ1v) is 5.11. The molecule has 0 aliphatic carbocycles. The first kappa shape index (κ1) is 11.0. The molecule has 0 amide bonds. The summed E-state index contributed by atoms with van der Waals surface area (Å²) in [7, 11) is 0. The average molecular weight is 196 g/mol. The SMILES string of the molecule is CCC(CC)CNc1ccc(F)nc1. The van der Waals surface area contributed by atoms with Crippen LogP contribution in [0, 0.1) is 11.9 Å². The maximum Gasteiger partial charge on any atom is 0.212 e. The first-order valence-electron chi connectivity index (χ1n) is 5.11. The topological polar surface area (TPSA) is 24.9 Å². The van der Waals surface area contributed by atoms with E-state index in [0.29, 0.717) is 5.92 Å². The lowest BCUT2D eigenvalue weighted by Gasteiger charge is -2.13. The van der Waals surface area contributed by atoms with Crippen LogP contribution in [0.3, 0.4) is 0 Å². The largest absolute Gasteiger partial charge is 0.384 e. The lowest BCUT2D eigenvalue weighted by atomic mass is 10.0. The van der Waals surface area contributed by atoms with E-state index in [2.05, 4.69) is 24.1 Å². The number of aromatic nitrogens is 1. The Morgan fingerprint density at radius 2 is 2.07 bits per heavy atom. The molecule has 0 radical (unpaired) electrons. The van der Waals surface area contributed by atoms with Gasteiger partial charge >= 0.3 is 0 Å². The van der Waals surface area contributed by atoms with Crippen molar-refractivity contribution in [2.45, 2.75) is 26.7 Å². The van der Waals surface area contributed by atoms with Crippen molar-refractivity contribution in [3.05, 3.63) is 24.3 Å². The van der Waals surface area contributed by atoms with E-state index < -0.39 is 5.95 Å². The van der Waals surface area contributed by atoms with Gasteiger partial charge in [-0.3, -0.25) is 0 Å². The number of halogens is 1. The van der Waals surface area contributed by atoms with E-state index in [-0.39, 0.29) is 0 Å². The minimum absolute atomic E-state index is 0.432. The van der Waals surface area contributed by atoms with Crippen molar-refractivity contribution >= 4 is 5.69 Å². The molecule has 1 aromatic rings. The molecule has 0 aromatic carbocycles. The summed E-state index contributed by atoms with van der Waals surface area (Å²) in [5.41, 5.74) is 0.887. The fourth-order valence-electron chi connectivity index (χ4n) is 1.32. The van der Waals surface area contributed by atoms with Crippen molar-refractivity contribution in [3.8, 4) is 0 Å². The highest BCUT2D eigenvalue weighted by Crippen LogP contribution is 2.10. The smallest absolute Gasteiger partial charge is 0.212 e. The minimum Gasteiger partial charge on any atom is -0.384 e. The van der Waals surface area contributed by atoms with Crippen LogP contribution in [0.25, 0.3) is 0 Å². The molecule has 78 valence electrons. The van der Waals surface area contributed by atoms with E-state index in [9.17, 15) is 4.39 Å². The maximum atomic E-state index is 12.5. The Morgan fingerprint density at radius 1 is 1.36 bits per heavy atom. The van der Waals surface area contributed by atoms with Gasteiger partial charge in [-0.1, -0.05) is 26.7 Å². The third-order valence-corrected chi connectivity index (χ3v) is 2.48. The molecule has 1 aromatic heterocycles. The monoisotopic (exact) mass is 196 g/mol. The molecule has 1 heterocycles. The van der Waals surface area contributed by atoms with Gasteiger partial charge in [0.2, 0.25) is 5.95 Å². The Hall–Kier alpha value is -1.12. The molecule has 1 N–H and O–H groups in total. The number of nitrogens with zero attached hydrogens (tertiary/aromatic N) is 1. The molecule has 0 unspecified atom stereocenters. The molecule has 14 heavy (non-hydrogen) atoms.